The number of sulfonamides is 1. The van der Waals surface area contributed by atoms with Gasteiger partial charge in [0.1, 0.15) is 0 Å². The summed E-state index contributed by atoms with van der Waals surface area (Å²) in [5.41, 5.74) is 0.800. The van der Waals surface area contributed by atoms with Gasteiger partial charge in [-0.25, -0.2) is 8.42 Å². The molecule has 0 N–H and O–H groups in total. The second-order valence-electron chi connectivity index (χ2n) is 4.44. The lowest BCUT2D eigenvalue weighted by atomic mass is 10.2. The van der Waals surface area contributed by atoms with Gasteiger partial charge < -0.3 is 4.74 Å². The highest BCUT2D eigenvalue weighted by Gasteiger charge is 2.25. The lowest BCUT2D eigenvalue weighted by Crippen LogP contribution is -2.43. The molecule has 6 heteroatoms. The number of hydrogen-bond donors (Lipinski definition) is 0. The topological polar surface area (TPSA) is 46.6 Å². The van der Waals surface area contributed by atoms with E-state index in [1.165, 1.54) is 9.71 Å². The van der Waals surface area contributed by atoms with Gasteiger partial charge in [-0.15, -0.1) is 0 Å². The highest BCUT2D eigenvalue weighted by Crippen LogP contribution is 2.14. The van der Waals surface area contributed by atoms with Crippen molar-refractivity contribution >= 4 is 27.7 Å². The van der Waals surface area contributed by atoms with Crippen LogP contribution in [0.2, 0.25) is 5.02 Å². The molecule has 0 amide bonds. The summed E-state index contributed by atoms with van der Waals surface area (Å²) in [5.74, 6) is 0. The van der Waals surface area contributed by atoms with Crippen LogP contribution in [-0.4, -0.2) is 38.5 Å². The van der Waals surface area contributed by atoms with Gasteiger partial charge >= 0.3 is 0 Å². The van der Waals surface area contributed by atoms with Gasteiger partial charge in [0.05, 0.1) is 12.7 Å². The third-order valence-electron chi connectivity index (χ3n) is 2.87. The summed E-state index contributed by atoms with van der Waals surface area (Å²) in [6.07, 6.45) is 1.51. The molecule has 19 heavy (non-hydrogen) atoms. The summed E-state index contributed by atoms with van der Waals surface area (Å²) >= 11 is 5.78. The second-order valence-corrected chi connectivity index (χ2v) is 6.69. The minimum Gasteiger partial charge on any atom is -0.376 e. The van der Waals surface area contributed by atoms with Crippen LogP contribution in [0.4, 0.5) is 0 Å². The Morgan fingerprint density at radius 3 is 2.68 bits per heavy atom. The molecule has 1 atom stereocenters. The zero-order valence-corrected chi connectivity index (χ0v) is 12.2. The fraction of sp³-hybridized carbons (Fsp3) is 0.385. The van der Waals surface area contributed by atoms with Crippen molar-refractivity contribution in [1.29, 1.82) is 0 Å². The van der Waals surface area contributed by atoms with Gasteiger partial charge in [0.15, 0.2) is 0 Å². The molecule has 0 radical (unpaired) electrons. The van der Waals surface area contributed by atoms with E-state index in [9.17, 15) is 8.42 Å². The largest absolute Gasteiger partial charge is 0.376 e. The zero-order chi connectivity index (χ0) is 13.9. The van der Waals surface area contributed by atoms with Crippen LogP contribution in [0.15, 0.2) is 29.7 Å². The predicted molar refractivity (Wildman–Crippen MR) is 76.4 cm³/mol. The van der Waals surface area contributed by atoms with Crippen molar-refractivity contribution in [2.75, 3.05) is 19.7 Å². The van der Waals surface area contributed by atoms with Crippen LogP contribution in [0.5, 0.6) is 0 Å². The molecule has 4 nitrogen and oxygen atoms in total. The van der Waals surface area contributed by atoms with Crippen molar-refractivity contribution in [3.8, 4) is 0 Å². The first-order chi connectivity index (χ1) is 8.97. The maximum Gasteiger partial charge on any atom is 0.236 e. The summed E-state index contributed by atoms with van der Waals surface area (Å²) in [4.78, 5) is 0. The Kier molecular flexibility index (Phi) is 4.62. The number of ether oxygens (including phenoxy) is 1. The normalized spacial score (nSPS) is 21.9. The van der Waals surface area contributed by atoms with Gasteiger partial charge in [-0.3, -0.25) is 0 Å². The Morgan fingerprint density at radius 1 is 1.37 bits per heavy atom. The predicted octanol–water partition coefficient (Wildman–Crippen LogP) is 2.36. The molecule has 0 bridgehead atoms. The monoisotopic (exact) mass is 301 g/mol. The van der Waals surface area contributed by atoms with Crippen LogP contribution in [0.1, 0.15) is 12.5 Å². The molecule has 1 unspecified atom stereocenters. The van der Waals surface area contributed by atoms with Crippen LogP contribution in [0.3, 0.4) is 0 Å². The maximum atomic E-state index is 12.1. The van der Waals surface area contributed by atoms with Crippen molar-refractivity contribution in [2.24, 2.45) is 0 Å². The van der Waals surface area contributed by atoms with Crippen molar-refractivity contribution < 1.29 is 13.2 Å². The van der Waals surface area contributed by atoms with Crippen molar-refractivity contribution in [1.82, 2.24) is 4.31 Å². The highest BCUT2D eigenvalue weighted by atomic mass is 35.5. The summed E-state index contributed by atoms with van der Waals surface area (Å²) in [5, 5.41) is 1.86. The minimum atomic E-state index is -3.38. The number of halogens is 1. The smallest absolute Gasteiger partial charge is 0.236 e. The Balaban J connectivity index is 2.10. The van der Waals surface area contributed by atoms with E-state index < -0.39 is 10.0 Å². The van der Waals surface area contributed by atoms with E-state index in [-0.39, 0.29) is 6.10 Å². The number of rotatable bonds is 3. The van der Waals surface area contributed by atoms with Gasteiger partial charge in [-0.2, -0.15) is 4.31 Å². The third-order valence-corrected chi connectivity index (χ3v) is 4.65. The molecule has 1 aliphatic rings. The molecule has 1 aliphatic heterocycles. The molecule has 0 spiro atoms. The van der Waals surface area contributed by atoms with Crippen molar-refractivity contribution in [2.45, 2.75) is 13.0 Å². The van der Waals surface area contributed by atoms with Crippen molar-refractivity contribution in [3.05, 3.63) is 40.3 Å². The average molecular weight is 302 g/mol. The van der Waals surface area contributed by atoms with Crippen LogP contribution < -0.4 is 0 Å². The van der Waals surface area contributed by atoms with Gasteiger partial charge in [-0.1, -0.05) is 23.7 Å². The summed E-state index contributed by atoms with van der Waals surface area (Å²) in [6.45, 7) is 3.10. The Labute approximate surface area is 118 Å². The van der Waals surface area contributed by atoms with Crippen LogP contribution in [0.25, 0.3) is 6.08 Å². The second kappa shape index (κ2) is 6.05. The quantitative estimate of drug-likeness (QED) is 0.861. The van der Waals surface area contributed by atoms with Crippen LogP contribution in [0, 0.1) is 0 Å². The Bertz CT molecular complexity index is 554. The van der Waals surface area contributed by atoms with Crippen LogP contribution >= 0.6 is 11.6 Å². The molecular formula is C13H16ClNO3S. The first-order valence-electron chi connectivity index (χ1n) is 6.03. The first kappa shape index (κ1) is 14.5. The molecule has 0 aliphatic carbocycles. The maximum absolute atomic E-state index is 12.1. The molecule has 104 valence electrons. The van der Waals surface area contributed by atoms with E-state index in [0.29, 0.717) is 24.7 Å². The number of benzene rings is 1. The van der Waals surface area contributed by atoms with E-state index in [2.05, 4.69) is 0 Å². The van der Waals surface area contributed by atoms with E-state index in [1.807, 2.05) is 6.92 Å². The van der Waals surface area contributed by atoms with Gasteiger partial charge in [0, 0.05) is 23.5 Å². The molecule has 1 aromatic carbocycles. The summed E-state index contributed by atoms with van der Waals surface area (Å²) in [6, 6.07) is 7.00. The summed E-state index contributed by atoms with van der Waals surface area (Å²) < 4.78 is 31.0. The molecule has 1 aromatic rings. The summed E-state index contributed by atoms with van der Waals surface area (Å²) in [7, 11) is -3.38. The fourth-order valence-corrected chi connectivity index (χ4v) is 3.22. The SMILES string of the molecule is CC1CN(S(=O)(=O)/C=C/c2ccc(Cl)cc2)CCO1. The Hall–Kier alpha value is -0.880. The molecule has 1 saturated heterocycles. The van der Waals surface area contributed by atoms with E-state index in [1.54, 1.807) is 30.3 Å². The number of nitrogens with zero attached hydrogens (tertiary/aromatic N) is 1. The number of hydrogen-bond acceptors (Lipinski definition) is 3. The third kappa shape index (κ3) is 4.04. The molecule has 1 fully saturated rings. The number of morpholine rings is 1. The lowest BCUT2D eigenvalue weighted by Gasteiger charge is -2.29. The van der Waals surface area contributed by atoms with Gasteiger partial charge in [0.25, 0.3) is 0 Å². The first-order valence-corrected chi connectivity index (χ1v) is 7.91. The molecule has 2 rings (SSSR count). The van der Waals surface area contributed by atoms with Crippen molar-refractivity contribution in [3.63, 3.8) is 0 Å². The Morgan fingerprint density at radius 2 is 2.05 bits per heavy atom. The minimum absolute atomic E-state index is 0.0625. The molecule has 0 aromatic heterocycles. The standard InChI is InChI=1S/C13H16ClNO3S/c1-11-10-15(7-8-18-11)19(16,17)9-6-12-2-4-13(14)5-3-12/h2-6,9,11H,7-8,10H2,1H3/b9-6+. The molecule has 1 heterocycles. The zero-order valence-electron chi connectivity index (χ0n) is 10.6. The fourth-order valence-electron chi connectivity index (χ4n) is 1.84. The van der Waals surface area contributed by atoms with Crippen LogP contribution in [-0.2, 0) is 14.8 Å². The molecule has 0 saturated carbocycles. The average Bonchev–Trinajstić information content (AvgIpc) is 2.38. The molecular weight excluding hydrogens is 286 g/mol. The van der Waals surface area contributed by atoms with Gasteiger partial charge in [-0.05, 0) is 30.7 Å². The van der Waals surface area contributed by atoms with E-state index in [0.717, 1.165) is 5.56 Å². The van der Waals surface area contributed by atoms with Gasteiger partial charge in [0.2, 0.25) is 10.0 Å². The highest BCUT2D eigenvalue weighted by molar-refractivity contribution is 7.92. The van der Waals surface area contributed by atoms with E-state index >= 15 is 0 Å². The van der Waals surface area contributed by atoms with E-state index in [4.69, 9.17) is 16.3 Å². The lowest BCUT2D eigenvalue weighted by molar-refractivity contribution is 0.0106.